The van der Waals surface area contributed by atoms with Gasteiger partial charge >= 0.3 is 17.9 Å². The first kappa shape index (κ1) is 47.1. The van der Waals surface area contributed by atoms with Crippen LogP contribution in [-0.2, 0) is 28.6 Å². The Morgan fingerprint density at radius 3 is 1.47 bits per heavy atom. The Morgan fingerprint density at radius 1 is 0.592 bits per heavy atom. The molecule has 8 nitrogen and oxygen atoms in total. The third-order valence-electron chi connectivity index (χ3n) is 9.16. The molecule has 0 aliphatic carbocycles. The molecule has 0 radical (unpaired) electrons. The number of ether oxygens (including phenoxy) is 3. The predicted molar refractivity (Wildman–Crippen MR) is 202 cm³/mol. The van der Waals surface area contributed by atoms with Gasteiger partial charge in [0.2, 0.25) is 0 Å². The highest BCUT2D eigenvalue weighted by Gasteiger charge is 2.31. The third-order valence-corrected chi connectivity index (χ3v) is 9.16. The van der Waals surface area contributed by atoms with E-state index in [-0.39, 0.29) is 36.2 Å². The Bertz CT molecular complexity index is 823. The van der Waals surface area contributed by atoms with Crippen molar-refractivity contribution in [2.45, 2.75) is 193 Å². The summed E-state index contributed by atoms with van der Waals surface area (Å²) in [6.07, 6.45) is 32.6. The first-order valence-corrected chi connectivity index (χ1v) is 20.2. The number of hydrogen-bond donors (Lipinski definition) is 1. The minimum absolute atomic E-state index is 0.0485. The quantitative estimate of drug-likeness (QED) is 0.0301. The number of likely N-dealkylation sites (N-methyl/N-ethyl adjacent to an activating group) is 1. The molecule has 0 aromatic rings. The zero-order valence-electron chi connectivity index (χ0n) is 32.7. The lowest BCUT2D eigenvalue weighted by Crippen LogP contribution is -2.50. The molecule has 0 saturated carbocycles. The standard InChI is InChI=1S/C41H77NO7/c1-6-8-10-12-14-15-16-17-18-19-20-21-22-23-24-26-28-30-32-40(44)49-37(35-47-34-33-38(41(45)46)42(3,4)5)36-48-39(43)31-29-27-25-13-11-9-7-2/h18-19,37-38H,6-17,20-36H2,1-5H3/p+1/b19-18-. The normalized spacial score (nSPS) is 13.1. The van der Waals surface area contributed by atoms with Crippen molar-refractivity contribution >= 4 is 17.9 Å². The lowest BCUT2D eigenvalue weighted by Gasteiger charge is -2.31. The zero-order chi connectivity index (χ0) is 36.4. The van der Waals surface area contributed by atoms with E-state index in [1.807, 2.05) is 21.1 Å². The second kappa shape index (κ2) is 33.2. The lowest BCUT2D eigenvalue weighted by atomic mass is 10.1. The van der Waals surface area contributed by atoms with Crippen molar-refractivity contribution in [3.05, 3.63) is 12.2 Å². The van der Waals surface area contributed by atoms with Gasteiger partial charge in [-0.1, -0.05) is 135 Å². The summed E-state index contributed by atoms with van der Waals surface area (Å²) < 4.78 is 17.2. The highest BCUT2D eigenvalue weighted by molar-refractivity contribution is 5.72. The summed E-state index contributed by atoms with van der Waals surface area (Å²) in [6, 6.07) is -0.609. The number of quaternary nitrogens is 1. The second-order valence-electron chi connectivity index (χ2n) is 14.9. The summed E-state index contributed by atoms with van der Waals surface area (Å²) in [7, 11) is 5.52. The number of nitrogens with zero attached hydrogens (tertiary/aromatic N) is 1. The van der Waals surface area contributed by atoms with Gasteiger partial charge in [-0.2, -0.15) is 0 Å². The molecule has 8 heteroatoms. The minimum Gasteiger partial charge on any atom is -0.477 e. The lowest BCUT2D eigenvalue weighted by molar-refractivity contribution is -0.887. The van der Waals surface area contributed by atoms with Gasteiger partial charge in [0.05, 0.1) is 34.4 Å². The smallest absolute Gasteiger partial charge is 0.362 e. The van der Waals surface area contributed by atoms with Crippen LogP contribution in [0.3, 0.4) is 0 Å². The van der Waals surface area contributed by atoms with Crippen LogP contribution in [0.4, 0.5) is 0 Å². The molecule has 0 rings (SSSR count). The molecule has 0 aliphatic heterocycles. The molecule has 2 unspecified atom stereocenters. The van der Waals surface area contributed by atoms with E-state index >= 15 is 0 Å². The van der Waals surface area contributed by atoms with E-state index in [1.54, 1.807) is 0 Å². The van der Waals surface area contributed by atoms with Crippen LogP contribution >= 0.6 is 0 Å². The second-order valence-corrected chi connectivity index (χ2v) is 14.9. The fourth-order valence-electron chi connectivity index (χ4n) is 5.97. The molecule has 0 amide bonds. The molecule has 49 heavy (non-hydrogen) atoms. The van der Waals surface area contributed by atoms with E-state index < -0.39 is 18.1 Å². The number of rotatable bonds is 36. The number of carboxylic acid groups (broad SMARTS) is 1. The van der Waals surface area contributed by atoms with Crippen molar-refractivity contribution in [1.29, 1.82) is 0 Å². The van der Waals surface area contributed by atoms with Gasteiger partial charge in [0.15, 0.2) is 12.1 Å². The SMILES string of the molecule is CCCCCCCCC/C=C\CCCCCCCCCC(=O)OC(COCCC(C(=O)O)[N+](C)(C)C)COC(=O)CCCCCCCCC. The molecule has 0 aromatic heterocycles. The Labute approximate surface area is 301 Å². The van der Waals surface area contributed by atoms with E-state index in [1.165, 1.54) is 109 Å². The van der Waals surface area contributed by atoms with E-state index in [2.05, 4.69) is 26.0 Å². The topological polar surface area (TPSA) is 99.1 Å². The number of unbranched alkanes of at least 4 members (excludes halogenated alkanes) is 20. The van der Waals surface area contributed by atoms with E-state index in [0.29, 0.717) is 19.3 Å². The molecule has 0 aliphatic rings. The highest BCUT2D eigenvalue weighted by atomic mass is 16.6. The molecule has 1 N–H and O–H groups in total. The number of allylic oxidation sites excluding steroid dienone is 2. The van der Waals surface area contributed by atoms with Gasteiger partial charge < -0.3 is 23.8 Å². The van der Waals surface area contributed by atoms with Crippen LogP contribution < -0.4 is 0 Å². The number of carbonyl (C=O) groups excluding carboxylic acids is 2. The largest absolute Gasteiger partial charge is 0.477 e. The van der Waals surface area contributed by atoms with Crippen molar-refractivity contribution < 1.29 is 38.2 Å². The van der Waals surface area contributed by atoms with Crippen LogP contribution in [0.1, 0.15) is 181 Å². The molecule has 0 spiro atoms. The number of hydrogen-bond acceptors (Lipinski definition) is 6. The summed E-state index contributed by atoms with van der Waals surface area (Å²) in [4.78, 5) is 36.7. The van der Waals surface area contributed by atoms with Crippen molar-refractivity contribution in [1.82, 2.24) is 0 Å². The predicted octanol–water partition coefficient (Wildman–Crippen LogP) is 10.4. The molecule has 0 saturated heterocycles. The van der Waals surface area contributed by atoms with E-state index in [0.717, 1.165) is 38.5 Å². The Morgan fingerprint density at radius 2 is 1.02 bits per heavy atom. The van der Waals surface area contributed by atoms with Gasteiger partial charge in [-0.15, -0.1) is 0 Å². The van der Waals surface area contributed by atoms with Gasteiger partial charge in [0, 0.05) is 19.3 Å². The van der Waals surface area contributed by atoms with Crippen LogP contribution in [0.2, 0.25) is 0 Å². The molecule has 0 bridgehead atoms. The monoisotopic (exact) mass is 697 g/mol. The summed E-state index contributed by atoms with van der Waals surface area (Å²) in [5.74, 6) is -1.47. The van der Waals surface area contributed by atoms with Gasteiger partial charge in [-0.3, -0.25) is 9.59 Å². The van der Waals surface area contributed by atoms with Crippen LogP contribution in [-0.4, -0.2) is 80.6 Å². The van der Waals surface area contributed by atoms with Gasteiger partial charge in [-0.05, 0) is 38.5 Å². The number of carbonyl (C=O) groups is 3. The zero-order valence-corrected chi connectivity index (χ0v) is 32.7. The number of esters is 2. The summed E-state index contributed by atoms with van der Waals surface area (Å²) in [5, 5.41) is 9.57. The first-order chi connectivity index (χ1) is 23.6. The van der Waals surface area contributed by atoms with E-state index in [9.17, 15) is 19.5 Å². The molecule has 2 atom stereocenters. The average molecular weight is 697 g/mol. The molecular formula is C41H78NO7+. The molecule has 0 fully saturated rings. The van der Waals surface area contributed by atoms with Gasteiger partial charge in [0.1, 0.15) is 6.61 Å². The van der Waals surface area contributed by atoms with Crippen molar-refractivity contribution in [2.24, 2.45) is 0 Å². The fraction of sp³-hybridized carbons (Fsp3) is 0.878. The summed E-state index contributed by atoms with van der Waals surface area (Å²) in [5.41, 5.74) is 0. The van der Waals surface area contributed by atoms with Crippen molar-refractivity contribution in [2.75, 3.05) is 41.0 Å². The maximum atomic E-state index is 12.6. The summed E-state index contributed by atoms with van der Waals surface area (Å²) >= 11 is 0. The number of aliphatic carboxylic acids is 1. The maximum Gasteiger partial charge on any atom is 0.362 e. The van der Waals surface area contributed by atoms with Crippen LogP contribution in [0, 0.1) is 0 Å². The molecular weight excluding hydrogens is 618 g/mol. The Hall–Kier alpha value is -1.93. The fourth-order valence-corrected chi connectivity index (χ4v) is 5.97. The van der Waals surface area contributed by atoms with Crippen LogP contribution in [0.5, 0.6) is 0 Å². The third kappa shape index (κ3) is 31.8. The average Bonchev–Trinajstić information content (AvgIpc) is 3.05. The van der Waals surface area contributed by atoms with Crippen LogP contribution in [0.25, 0.3) is 0 Å². The molecule has 0 heterocycles. The Kier molecular flexibility index (Phi) is 31.9. The van der Waals surface area contributed by atoms with Crippen molar-refractivity contribution in [3.63, 3.8) is 0 Å². The first-order valence-electron chi connectivity index (χ1n) is 20.2. The minimum atomic E-state index is -0.875. The summed E-state index contributed by atoms with van der Waals surface area (Å²) in [6.45, 7) is 4.69. The Balaban J connectivity index is 4.28. The highest BCUT2D eigenvalue weighted by Crippen LogP contribution is 2.14. The van der Waals surface area contributed by atoms with E-state index in [4.69, 9.17) is 14.2 Å². The maximum absolute atomic E-state index is 12.6. The van der Waals surface area contributed by atoms with Gasteiger partial charge in [-0.25, -0.2) is 4.79 Å². The van der Waals surface area contributed by atoms with Crippen LogP contribution in [0.15, 0.2) is 12.2 Å². The number of carboxylic acids is 1. The van der Waals surface area contributed by atoms with Gasteiger partial charge in [0.25, 0.3) is 0 Å². The van der Waals surface area contributed by atoms with Crippen molar-refractivity contribution in [3.8, 4) is 0 Å². The molecule has 0 aromatic carbocycles. The molecule has 288 valence electrons.